The van der Waals surface area contributed by atoms with Crippen molar-refractivity contribution in [3.05, 3.63) is 0 Å². The summed E-state index contributed by atoms with van der Waals surface area (Å²) in [4.78, 5) is 26.2. The summed E-state index contributed by atoms with van der Waals surface area (Å²) in [6, 6.07) is -0.163. The Morgan fingerprint density at radius 3 is 1.96 bits per heavy atom. The normalized spacial score (nSPS) is 13.1. The first-order valence-electron chi connectivity index (χ1n) is 9.35. The maximum atomic E-state index is 12.5. The second kappa shape index (κ2) is 10.5. The van der Waals surface area contributed by atoms with Crippen LogP contribution in [0.5, 0.6) is 0 Å². The number of ether oxygens (including phenoxy) is 2. The SMILES string of the molecule is CCCCN(CC(CCC)NC(=O)OC(C)(C)C)C(=O)OC(C)(C)C. The maximum absolute atomic E-state index is 12.5. The molecule has 0 aliphatic rings. The summed E-state index contributed by atoms with van der Waals surface area (Å²) in [7, 11) is 0. The molecule has 1 atom stereocenters. The van der Waals surface area contributed by atoms with Gasteiger partial charge < -0.3 is 19.7 Å². The molecule has 0 aliphatic carbocycles. The first kappa shape index (κ1) is 23.5. The molecule has 0 radical (unpaired) electrons. The summed E-state index contributed by atoms with van der Waals surface area (Å²) in [6.45, 7) is 16.2. The molecule has 2 amide bonds. The number of rotatable bonds is 8. The molecule has 25 heavy (non-hydrogen) atoms. The van der Waals surface area contributed by atoms with Crippen LogP contribution in [0.1, 0.15) is 81.1 Å². The van der Waals surface area contributed by atoms with Gasteiger partial charge in [-0.25, -0.2) is 9.59 Å². The van der Waals surface area contributed by atoms with Crippen molar-refractivity contribution >= 4 is 12.2 Å². The molecule has 0 fully saturated rings. The van der Waals surface area contributed by atoms with E-state index in [1.54, 1.807) is 4.90 Å². The fourth-order valence-electron chi connectivity index (χ4n) is 2.23. The zero-order valence-corrected chi connectivity index (χ0v) is 17.4. The van der Waals surface area contributed by atoms with Gasteiger partial charge in [-0.3, -0.25) is 0 Å². The zero-order valence-electron chi connectivity index (χ0n) is 17.4. The van der Waals surface area contributed by atoms with E-state index in [2.05, 4.69) is 12.2 Å². The summed E-state index contributed by atoms with van der Waals surface area (Å²) in [6.07, 6.45) is 2.75. The summed E-state index contributed by atoms with van der Waals surface area (Å²) in [5.41, 5.74) is -1.09. The Balaban J connectivity index is 4.96. The third-order valence-electron chi connectivity index (χ3n) is 3.23. The first-order valence-corrected chi connectivity index (χ1v) is 9.35. The van der Waals surface area contributed by atoms with E-state index < -0.39 is 17.3 Å². The van der Waals surface area contributed by atoms with Gasteiger partial charge in [0.05, 0.1) is 0 Å². The quantitative estimate of drug-likeness (QED) is 0.682. The number of hydrogen-bond acceptors (Lipinski definition) is 4. The number of nitrogens with one attached hydrogen (secondary N) is 1. The van der Waals surface area contributed by atoms with Crippen LogP contribution in [0.4, 0.5) is 9.59 Å². The molecular weight excluding hydrogens is 320 g/mol. The minimum atomic E-state index is -0.548. The van der Waals surface area contributed by atoms with E-state index in [1.807, 2.05) is 48.5 Å². The van der Waals surface area contributed by atoms with Gasteiger partial charge in [-0.05, 0) is 54.4 Å². The zero-order chi connectivity index (χ0) is 19.7. The van der Waals surface area contributed by atoms with Gasteiger partial charge in [0, 0.05) is 19.1 Å². The molecule has 0 heterocycles. The van der Waals surface area contributed by atoms with Crippen molar-refractivity contribution in [2.75, 3.05) is 13.1 Å². The summed E-state index contributed by atoms with van der Waals surface area (Å²) in [5.74, 6) is 0. The van der Waals surface area contributed by atoms with Crippen LogP contribution in [0, 0.1) is 0 Å². The lowest BCUT2D eigenvalue weighted by Gasteiger charge is -2.31. The van der Waals surface area contributed by atoms with Crippen LogP contribution < -0.4 is 5.32 Å². The van der Waals surface area contributed by atoms with Gasteiger partial charge in [0.25, 0.3) is 0 Å². The topological polar surface area (TPSA) is 67.9 Å². The number of carbonyl (C=O) groups excluding carboxylic acids is 2. The molecule has 6 heteroatoms. The van der Waals surface area contributed by atoms with E-state index in [0.29, 0.717) is 13.1 Å². The lowest BCUT2D eigenvalue weighted by molar-refractivity contribution is 0.0207. The smallest absolute Gasteiger partial charge is 0.410 e. The maximum Gasteiger partial charge on any atom is 0.410 e. The van der Waals surface area contributed by atoms with Gasteiger partial charge >= 0.3 is 12.2 Å². The van der Waals surface area contributed by atoms with Crippen LogP contribution in [0.25, 0.3) is 0 Å². The predicted molar refractivity (Wildman–Crippen MR) is 101 cm³/mol. The van der Waals surface area contributed by atoms with Crippen molar-refractivity contribution in [1.82, 2.24) is 10.2 Å². The van der Waals surface area contributed by atoms with Crippen LogP contribution in [-0.4, -0.2) is 47.4 Å². The van der Waals surface area contributed by atoms with E-state index in [-0.39, 0.29) is 12.1 Å². The molecule has 0 saturated carbocycles. The second-order valence-corrected chi connectivity index (χ2v) is 8.41. The highest BCUT2D eigenvalue weighted by atomic mass is 16.6. The number of nitrogens with zero attached hydrogens (tertiary/aromatic N) is 1. The number of unbranched alkanes of at least 4 members (excludes halogenated alkanes) is 1. The third kappa shape index (κ3) is 12.5. The molecule has 0 aliphatic heterocycles. The van der Waals surface area contributed by atoms with Gasteiger partial charge in [0.2, 0.25) is 0 Å². The van der Waals surface area contributed by atoms with Crippen LogP contribution in [0.3, 0.4) is 0 Å². The number of amides is 2. The average molecular weight is 359 g/mol. The van der Waals surface area contributed by atoms with Gasteiger partial charge in [-0.1, -0.05) is 26.7 Å². The van der Waals surface area contributed by atoms with Crippen LogP contribution in [0.2, 0.25) is 0 Å². The Kier molecular flexibility index (Phi) is 9.90. The molecule has 148 valence electrons. The first-order chi connectivity index (χ1) is 11.4. The Bertz CT molecular complexity index is 411. The van der Waals surface area contributed by atoms with Gasteiger partial charge in [-0.2, -0.15) is 0 Å². The molecule has 1 N–H and O–H groups in total. The molecule has 0 rings (SSSR count). The fourth-order valence-corrected chi connectivity index (χ4v) is 2.23. The third-order valence-corrected chi connectivity index (χ3v) is 3.23. The monoisotopic (exact) mass is 358 g/mol. The highest BCUT2D eigenvalue weighted by molar-refractivity contribution is 5.69. The summed E-state index contributed by atoms with van der Waals surface area (Å²) >= 11 is 0. The predicted octanol–water partition coefficient (Wildman–Crippen LogP) is 4.72. The highest BCUT2D eigenvalue weighted by Crippen LogP contribution is 2.13. The van der Waals surface area contributed by atoms with Crippen molar-refractivity contribution in [2.24, 2.45) is 0 Å². The molecule has 0 aromatic rings. The highest BCUT2D eigenvalue weighted by Gasteiger charge is 2.26. The largest absolute Gasteiger partial charge is 0.444 e. The van der Waals surface area contributed by atoms with E-state index >= 15 is 0 Å². The standard InChI is InChI=1S/C19H38N2O4/c1-9-11-13-21(17(23)25-19(6,7)8)14-15(12-10-2)20-16(22)24-18(3,4)5/h15H,9-14H2,1-8H3,(H,20,22). The summed E-state index contributed by atoms with van der Waals surface area (Å²) < 4.78 is 10.8. The number of alkyl carbamates (subject to hydrolysis) is 1. The number of hydrogen-bond donors (Lipinski definition) is 1. The van der Waals surface area contributed by atoms with Gasteiger partial charge in [0.1, 0.15) is 11.2 Å². The molecule has 1 unspecified atom stereocenters. The Morgan fingerprint density at radius 1 is 0.960 bits per heavy atom. The summed E-state index contributed by atoms with van der Waals surface area (Å²) in [5, 5.41) is 2.89. The number of carbonyl (C=O) groups is 2. The van der Waals surface area contributed by atoms with Crippen LogP contribution >= 0.6 is 0 Å². The fraction of sp³-hybridized carbons (Fsp3) is 0.895. The molecule has 6 nitrogen and oxygen atoms in total. The van der Waals surface area contributed by atoms with Crippen molar-refractivity contribution in [3.8, 4) is 0 Å². The molecular formula is C19H38N2O4. The Morgan fingerprint density at radius 2 is 1.52 bits per heavy atom. The van der Waals surface area contributed by atoms with E-state index in [4.69, 9.17) is 9.47 Å². The lowest BCUT2D eigenvalue weighted by Crippen LogP contribution is -2.48. The molecule has 0 spiro atoms. The van der Waals surface area contributed by atoms with E-state index in [0.717, 1.165) is 25.7 Å². The lowest BCUT2D eigenvalue weighted by atomic mass is 10.1. The van der Waals surface area contributed by atoms with Gasteiger partial charge in [-0.15, -0.1) is 0 Å². The molecule has 0 aromatic carbocycles. The van der Waals surface area contributed by atoms with Crippen molar-refractivity contribution in [1.29, 1.82) is 0 Å². The minimum absolute atomic E-state index is 0.163. The van der Waals surface area contributed by atoms with Crippen molar-refractivity contribution in [2.45, 2.75) is 98.3 Å². The second-order valence-electron chi connectivity index (χ2n) is 8.41. The van der Waals surface area contributed by atoms with E-state index in [9.17, 15) is 9.59 Å². The minimum Gasteiger partial charge on any atom is -0.444 e. The van der Waals surface area contributed by atoms with Crippen molar-refractivity contribution in [3.63, 3.8) is 0 Å². The van der Waals surface area contributed by atoms with Crippen LogP contribution in [-0.2, 0) is 9.47 Å². The van der Waals surface area contributed by atoms with Gasteiger partial charge in [0.15, 0.2) is 0 Å². The Labute approximate surface area is 153 Å². The van der Waals surface area contributed by atoms with E-state index in [1.165, 1.54) is 0 Å². The molecule has 0 saturated heterocycles. The average Bonchev–Trinajstić information content (AvgIpc) is 2.39. The van der Waals surface area contributed by atoms with Crippen LogP contribution in [0.15, 0.2) is 0 Å². The van der Waals surface area contributed by atoms with Crippen molar-refractivity contribution < 1.29 is 19.1 Å². The molecule has 0 bridgehead atoms. The molecule has 0 aromatic heterocycles. The Hall–Kier alpha value is -1.46.